The van der Waals surface area contributed by atoms with Gasteiger partial charge in [0.2, 0.25) is 0 Å². The molecule has 0 radical (unpaired) electrons. The second-order valence-corrected chi connectivity index (χ2v) is 4.79. The molecular formula is C12H15F4N. The molecule has 17 heavy (non-hydrogen) atoms. The first-order chi connectivity index (χ1) is 7.59. The molecule has 0 amide bonds. The zero-order valence-electron chi connectivity index (χ0n) is 9.74. The van der Waals surface area contributed by atoms with Crippen molar-refractivity contribution in [1.82, 2.24) is 0 Å². The van der Waals surface area contributed by atoms with Crippen molar-refractivity contribution >= 4 is 0 Å². The summed E-state index contributed by atoms with van der Waals surface area (Å²) in [6.07, 6.45) is -3.99. The van der Waals surface area contributed by atoms with E-state index >= 15 is 0 Å². The van der Waals surface area contributed by atoms with E-state index in [1.165, 1.54) is 0 Å². The van der Waals surface area contributed by atoms with Crippen molar-refractivity contribution < 1.29 is 17.6 Å². The molecule has 0 aromatic heterocycles. The lowest BCUT2D eigenvalue weighted by molar-refractivity contribution is -0.138. The average molecular weight is 249 g/mol. The van der Waals surface area contributed by atoms with E-state index < -0.39 is 23.1 Å². The van der Waals surface area contributed by atoms with E-state index in [1.807, 2.05) is 0 Å². The number of halogens is 4. The molecule has 0 aliphatic rings. The predicted octanol–water partition coefficient (Wildman–Crippen LogP) is 3.51. The van der Waals surface area contributed by atoms with Crippen LogP contribution in [0.5, 0.6) is 0 Å². The van der Waals surface area contributed by atoms with E-state index in [0.717, 1.165) is 18.2 Å². The highest BCUT2D eigenvalue weighted by molar-refractivity contribution is 5.30. The van der Waals surface area contributed by atoms with Crippen LogP contribution in [0.2, 0.25) is 0 Å². The minimum atomic E-state index is -4.46. The van der Waals surface area contributed by atoms with Crippen LogP contribution in [0.15, 0.2) is 18.2 Å². The van der Waals surface area contributed by atoms with Crippen LogP contribution in [0.3, 0.4) is 0 Å². The molecule has 5 heteroatoms. The summed E-state index contributed by atoms with van der Waals surface area (Å²) in [5.41, 5.74) is 4.30. The van der Waals surface area contributed by atoms with Gasteiger partial charge in [-0.1, -0.05) is 0 Å². The van der Waals surface area contributed by atoms with Gasteiger partial charge in [0.1, 0.15) is 5.82 Å². The Balaban J connectivity index is 3.00. The summed E-state index contributed by atoms with van der Waals surface area (Å²) in [4.78, 5) is 0. The fourth-order valence-corrected chi connectivity index (χ4v) is 1.50. The van der Waals surface area contributed by atoms with Gasteiger partial charge >= 0.3 is 6.18 Å². The van der Waals surface area contributed by atoms with Gasteiger partial charge in [-0.05, 0) is 50.5 Å². The second kappa shape index (κ2) is 4.64. The summed E-state index contributed by atoms with van der Waals surface area (Å²) in [6.45, 7) is 3.44. The van der Waals surface area contributed by atoms with Crippen LogP contribution in [-0.2, 0) is 12.6 Å². The van der Waals surface area contributed by atoms with Crippen molar-refractivity contribution in [3.05, 3.63) is 35.1 Å². The largest absolute Gasteiger partial charge is 0.416 e. The summed E-state index contributed by atoms with van der Waals surface area (Å²) < 4.78 is 50.9. The van der Waals surface area contributed by atoms with Crippen molar-refractivity contribution in [3.8, 4) is 0 Å². The molecule has 1 rings (SSSR count). The molecule has 0 atom stereocenters. The normalized spacial score (nSPS) is 12.9. The van der Waals surface area contributed by atoms with Crippen LogP contribution in [0.4, 0.5) is 17.6 Å². The molecule has 0 heterocycles. The zero-order chi connectivity index (χ0) is 13.3. The van der Waals surface area contributed by atoms with Gasteiger partial charge < -0.3 is 5.73 Å². The highest BCUT2D eigenvalue weighted by atomic mass is 19.4. The number of aryl methyl sites for hydroxylation is 1. The van der Waals surface area contributed by atoms with Crippen LogP contribution in [-0.4, -0.2) is 5.54 Å². The molecule has 2 N–H and O–H groups in total. The maximum Gasteiger partial charge on any atom is 0.416 e. The number of benzene rings is 1. The molecule has 1 nitrogen and oxygen atoms in total. The van der Waals surface area contributed by atoms with Gasteiger partial charge in [0.15, 0.2) is 0 Å². The van der Waals surface area contributed by atoms with Crippen molar-refractivity contribution in [2.45, 2.75) is 38.4 Å². The molecule has 0 bridgehead atoms. The Hall–Kier alpha value is -1.10. The highest BCUT2D eigenvalue weighted by Gasteiger charge is 2.33. The lowest BCUT2D eigenvalue weighted by atomic mass is 9.94. The number of nitrogens with two attached hydrogens (primary N) is 1. The van der Waals surface area contributed by atoms with Crippen molar-refractivity contribution in [2.24, 2.45) is 5.73 Å². The molecule has 96 valence electrons. The van der Waals surface area contributed by atoms with Gasteiger partial charge in [-0.25, -0.2) is 4.39 Å². The van der Waals surface area contributed by atoms with Crippen LogP contribution >= 0.6 is 0 Å². The monoisotopic (exact) mass is 249 g/mol. The lowest BCUT2D eigenvalue weighted by Gasteiger charge is -2.20. The minimum Gasteiger partial charge on any atom is -0.326 e. The molecule has 0 aliphatic carbocycles. The molecule has 0 unspecified atom stereocenters. The van der Waals surface area contributed by atoms with E-state index in [1.54, 1.807) is 13.8 Å². The minimum absolute atomic E-state index is 0.0453. The molecule has 1 aromatic rings. The average Bonchev–Trinajstić information content (AvgIpc) is 2.11. The maximum atomic E-state index is 13.0. The fraction of sp³-hybridized carbons (Fsp3) is 0.500. The van der Waals surface area contributed by atoms with Gasteiger partial charge in [0, 0.05) is 5.54 Å². The Labute approximate surface area is 97.6 Å². The van der Waals surface area contributed by atoms with Crippen LogP contribution in [0.1, 0.15) is 31.4 Å². The van der Waals surface area contributed by atoms with Crippen LogP contribution < -0.4 is 5.73 Å². The third-order valence-electron chi connectivity index (χ3n) is 2.41. The van der Waals surface area contributed by atoms with Crippen molar-refractivity contribution in [1.29, 1.82) is 0 Å². The van der Waals surface area contributed by atoms with Gasteiger partial charge in [-0.15, -0.1) is 0 Å². The quantitative estimate of drug-likeness (QED) is 0.815. The Bertz CT molecular complexity index is 390. The number of hydrogen-bond acceptors (Lipinski definition) is 1. The molecule has 1 aromatic carbocycles. The van der Waals surface area contributed by atoms with Crippen LogP contribution in [0, 0.1) is 5.82 Å². The predicted molar refractivity (Wildman–Crippen MR) is 58.0 cm³/mol. The number of rotatable bonds is 3. The number of alkyl halides is 3. The summed E-state index contributed by atoms with van der Waals surface area (Å²) in [5, 5.41) is 0. The Morgan fingerprint density at radius 3 is 2.24 bits per heavy atom. The highest BCUT2D eigenvalue weighted by Crippen LogP contribution is 2.33. The third-order valence-corrected chi connectivity index (χ3v) is 2.41. The standard InChI is InChI=1S/C12H15F4N/c1-11(2,17)6-5-8-7-9(13)3-4-10(8)12(14,15)16/h3-4,7H,5-6,17H2,1-2H3. The molecule has 0 saturated heterocycles. The molecule has 0 aliphatic heterocycles. The van der Waals surface area contributed by atoms with Crippen molar-refractivity contribution in [2.75, 3.05) is 0 Å². The summed E-state index contributed by atoms with van der Waals surface area (Å²) in [5.74, 6) is -0.664. The first-order valence-corrected chi connectivity index (χ1v) is 5.24. The fourth-order valence-electron chi connectivity index (χ4n) is 1.50. The molecule has 0 fully saturated rings. The first kappa shape index (κ1) is 14.0. The topological polar surface area (TPSA) is 26.0 Å². The summed E-state index contributed by atoms with van der Waals surface area (Å²) in [6, 6.07) is 2.52. The maximum absolute atomic E-state index is 13.0. The van der Waals surface area contributed by atoms with Gasteiger partial charge in [-0.2, -0.15) is 13.2 Å². The Kier molecular flexibility index (Phi) is 3.81. The third kappa shape index (κ3) is 4.34. The second-order valence-electron chi connectivity index (χ2n) is 4.79. The Morgan fingerprint density at radius 1 is 1.18 bits per heavy atom. The smallest absolute Gasteiger partial charge is 0.326 e. The summed E-state index contributed by atoms with van der Waals surface area (Å²) >= 11 is 0. The van der Waals surface area contributed by atoms with Gasteiger partial charge in [0.25, 0.3) is 0 Å². The lowest BCUT2D eigenvalue weighted by Crippen LogP contribution is -2.32. The number of hydrogen-bond donors (Lipinski definition) is 1. The van der Waals surface area contributed by atoms with E-state index in [4.69, 9.17) is 5.73 Å². The SMILES string of the molecule is CC(C)(N)CCc1cc(F)ccc1C(F)(F)F. The van der Waals surface area contributed by atoms with Gasteiger partial charge in [-0.3, -0.25) is 0 Å². The van der Waals surface area contributed by atoms with Crippen molar-refractivity contribution in [3.63, 3.8) is 0 Å². The molecular weight excluding hydrogens is 234 g/mol. The first-order valence-electron chi connectivity index (χ1n) is 5.24. The zero-order valence-corrected chi connectivity index (χ0v) is 9.74. The summed E-state index contributed by atoms with van der Waals surface area (Å²) in [7, 11) is 0. The van der Waals surface area contributed by atoms with E-state index in [2.05, 4.69) is 0 Å². The molecule has 0 spiro atoms. The van der Waals surface area contributed by atoms with E-state index in [9.17, 15) is 17.6 Å². The molecule has 0 saturated carbocycles. The van der Waals surface area contributed by atoms with Gasteiger partial charge in [0.05, 0.1) is 5.56 Å². The van der Waals surface area contributed by atoms with E-state index in [0.29, 0.717) is 6.42 Å². The Morgan fingerprint density at radius 2 is 1.76 bits per heavy atom. The van der Waals surface area contributed by atoms with E-state index in [-0.39, 0.29) is 12.0 Å². The van der Waals surface area contributed by atoms with Crippen LogP contribution in [0.25, 0.3) is 0 Å².